The van der Waals surface area contributed by atoms with Gasteiger partial charge in [-0.05, 0) is 48.0 Å². The molecule has 5 nitrogen and oxygen atoms in total. The number of ether oxygens (including phenoxy) is 2. The molecule has 7 heteroatoms. The second-order valence-electron chi connectivity index (χ2n) is 6.29. The van der Waals surface area contributed by atoms with Crippen LogP contribution in [0.5, 0.6) is 11.5 Å². The van der Waals surface area contributed by atoms with E-state index < -0.39 is 0 Å². The number of rotatable bonds is 6. The van der Waals surface area contributed by atoms with Crippen molar-refractivity contribution < 1.29 is 13.9 Å². The Labute approximate surface area is 172 Å². The first kappa shape index (κ1) is 19.0. The molecule has 0 aliphatic carbocycles. The lowest BCUT2D eigenvalue weighted by atomic mass is 10.2. The second-order valence-corrected chi connectivity index (χ2v) is 6.70. The summed E-state index contributed by atoms with van der Waals surface area (Å²) in [6, 6.07) is 17.1. The molecule has 1 N–H and O–H groups in total. The van der Waals surface area contributed by atoms with E-state index in [-0.39, 0.29) is 5.82 Å². The number of nitrogens with zero attached hydrogens (tertiary/aromatic N) is 2. The third-order valence-corrected chi connectivity index (χ3v) is 4.64. The van der Waals surface area contributed by atoms with Crippen molar-refractivity contribution in [3.63, 3.8) is 0 Å². The van der Waals surface area contributed by atoms with E-state index in [0.29, 0.717) is 23.2 Å². The number of hydrogen-bond donors (Lipinski definition) is 1. The molecule has 0 unspecified atom stereocenters. The first-order chi connectivity index (χ1) is 14.1. The molecule has 0 radical (unpaired) electrons. The van der Waals surface area contributed by atoms with E-state index in [9.17, 15) is 4.39 Å². The van der Waals surface area contributed by atoms with Crippen LogP contribution in [-0.4, -0.2) is 17.1 Å². The Morgan fingerprint density at radius 1 is 1.00 bits per heavy atom. The van der Waals surface area contributed by atoms with Gasteiger partial charge in [0.1, 0.15) is 36.1 Å². The number of aromatic nitrogens is 2. The summed E-state index contributed by atoms with van der Waals surface area (Å²) >= 11 is 6.37. The molecular formula is C22H17ClFN3O2. The number of benzene rings is 3. The van der Waals surface area contributed by atoms with Crippen LogP contribution in [0.4, 0.5) is 15.9 Å². The van der Waals surface area contributed by atoms with Crippen molar-refractivity contribution in [2.24, 2.45) is 0 Å². The fourth-order valence-electron chi connectivity index (χ4n) is 2.84. The van der Waals surface area contributed by atoms with Gasteiger partial charge in [-0.15, -0.1) is 0 Å². The summed E-state index contributed by atoms with van der Waals surface area (Å²) in [4.78, 5) is 8.61. The first-order valence-electron chi connectivity index (χ1n) is 8.85. The molecule has 0 saturated carbocycles. The zero-order chi connectivity index (χ0) is 20.2. The quantitative estimate of drug-likeness (QED) is 0.439. The standard InChI is InChI=1S/C22H17ClFN3O2/c1-28-17-7-8-18-20(11-17)25-13-26-22(18)27-16-6-9-21(19(23)10-16)29-12-14-2-4-15(24)5-3-14/h2-11,13H,12H2,1H3,(H,25,26,27). The van der Waals surface area contributed by atoms with Gasteiger partial charge in [0, 0.05) is 17.1 Å². The summed E-state index contributed by atoms with van der Waals surface area (Å²) in [6.07, 6.45) is 1.49. The van der Waals surface area contributed by atoms with Crippen molar-refractivity contribution in [2.45, 2.75) is 6.61 Å². The fourth-order valence-corrected chi connectivity index (χ4v) is 3.07. The highest BCUT2D eigenvalue weighted by Gasteiger charge is 2.08. The van der Waals surface area contributed by atoms with Crippen molar-refractivity contribution >= 4 is 34.0 Å². The lowest BCUT2D eigenvalue weighted by molar-refractivity contribution is 0.306. The highest BCUT2D eigenvalue weighted by atomic mass is 35.5. The molecular weight excluding hydrogens is 393 g/mol. The van der Waals surface area contributed by atoms with Crippen LogP contribution >= 0.6 is 11.6 Å². The monoisotopic (exact) mass is 409 g/mol. The van der Waals surface area contributed by atoms with Crippen LogP contribution in [0.25, 0.3) is 10.9 Å². The van der Waals surface area contributed by atoms with Gasteiger partial charge >= 0.3 is 0 Å². The molecule has 29 heavy (non-hydrogen) atoms. The van der Waals surface area contributed by atoms with Crippen LogP contribution in [0.1, 0.15) is 5.56 Å². The summed E-state index contributed by atoms with van der Waals surface area (Å²) < 4.78 is 24.0. The third kappa shape index (κ3) is 4.38. The van der Waals surface area contributed by atoms with Crippen LogP contribution in [0, 0.1) is 5.82 Å². The molecule has 0 bridgehead atoms. The van der Waals surface area contributed by atoms with Crippen LogP contribution < -0.4 is 14.8 Å². The van der Waals surface area contributed by atoms with Crippen LogP contribution in [-0.2, 0) is 6.61 Å². The number of methoxy groups -OCH3 is 1. The summed E-state index contributed by atoms with van der Waals surface area (Å²) in [7, 11) is 1.61. The number of anilines is 2. The van der Waals surface area contributed by atoms with Gasteiger partial charge in [-0.3, -0.25) is 0 Å². The largest absolute Gasteiger partial charge is 0.497 e. The molecule has 0 amide bonds. The molecule has 0 aliphatic heterocycles. The molecule has 4 aromatic rings. The van der Waals surface area contributed by atoms with E-state index in [0.717, 1.165) is 27.9 Å². The van der Waals surface area contributed by atoms with Gasteiger partial charge in [0.05, 0.1) is 17.6 Å². The van der Waals surface area contributed by atoms with Crippen LogP contribution in [0.15, 0.2) is 67.0 Å². The Morgan fingerprint density at radius 3 is 2.59 bits per heavy atom. The summed E-state index contributed by atoms with van der Waals surface area (Å²) in [5, 5.41) is 4.58. The summed E-state index contributed by atoms with van der Waals surface area (Å²) in [5.74, 6) is 1.65. The number of halogens is 2. The van der Waals surface area contributed by atoms with Crippen molar-refractivity contribution in [3.8, 4) is 11.5 Å². The first-order valence-corrected chi connectivity index (χ1v) is 9.23. The van der Waals surface area contributed by atoms with E-state index in [1.165, 1.54) is 18.5 Å². The Kier molecular flexibility index (Phi) is 5.44. The van der Waals surface area contributed by atoms with Crippen molar-refractivity contribution in [1.82, 2.24) is 9.97 Å². The Hall–Kier alpha value is -3.38. The van der Waals surface area contributed by atoms with Crippen molar-refractivity contribution in [2.75, 3.05) is 12.4 Å². The van der Waals surface area contributed by atoms with Crippen molar-refractivity contribution in [3.05, 3.63) is 83.4 Å². The summed E-state index contributed by atoms with van der Waals surface area (Å²) in [6.45, 7) is 0.297. The number of hydrogen-bond acceptors (Lipinski definition) is 5. The Bertz CT molecular complexity index is 1150. The van der Waals surface area contributed by atoms with Gasteiger partial charge in [0.15, 0.2) is 0 Å². The highest BCUT2D eigenvalue weighted by Crippen LogP contribution is 2.31. The normalized spacial score (nSPS) is 10.7. The molecule has 0 spiro atoms. The van der Waals surface area contributed by atoms with E-state index >= 15 is 0 Å². The average molecular weight is 410 g/mol. The highest BCUT2D eigenvalue weighted by molar-refractivity contribution is 6.32. The number of fused-ring (bicyclic) bond motifs is 1. The zero-order valence-corrected chi connectivity index (χ0v) is 16.3. The minimum Gasteiger partial charge on any atom is -0.497 e. The van der Waals surface area contributed by atoms with Gasteiger partial charge in [-0.2, -0.15) is 0 Å². The maximum Gasteiger partial charge on any atom is 0.141 e. The maximum atomic E-state index is 13.0. The third-order valence-electron chi connectivity index (χ3n) is 4.35. The zero-order valence-electron chi connectivity index (χ0n) is 15.5. The lowest BCUT2D eigenvalue weighted by Gasteiger charge is -2.12. The molecule has 4 rings (SSSR count). The van der Waals surface area contributed by atoms with E-state index in [2.05, 4.69) is 15.3 Å². The predicted octanol–water partition coefficient (Wildman–Crippen LogP) is 5.75. The Morgan fingerprint density at radius 2 is 1.83 bits per heavy atom. The molecule has 0 atom stereocenters. The minimum absolute atomic E-state index is 0.280. The molecule has 3 aromatic carbocycles. The topological polar surface area (TPSA) is 56.3 Å². The minimum atomic E-state index is -0.280. The molecule has 0 fully saturated rings. The molecule has 1 heterocycles. The SMILES string of the molecule is COc1ccc2c(Nc3ccc(OCc4ccc(F)cc4)c(Cl)c3)ncnc2c1. The Balaban J connectivity index is 1.51. The molecule has 146 valence electrons. The average Bonchev–Trinajstić information content (AvgIpc) is 2.74. The van der Waals surface area contributed by atoms with Crippen LogP contribution in [0.2, 0.25) is 5.02 Å². The van der Waals surface area contributed by atoms with E-state index in [1.54, 1.807) is 31.4 Å². The van der Waals surface area contributed by atoms with E-state index in [4.69, 9.17) is 21.1 Å². The predicted molar refractivity (Wildman–Crippen MR) is 112 cm³/mol. The fraction of sp³-hybridized carbons (Fsp3) is 0.0909. The van der Waals surface area contributed by atoms with Crippen molar-refractivity contribution in [1.29, 1.82) is 0 Å². The molecule has 0 aliphatic rings. The smallest absolute Gasteiger partial charge is 0.141 e. The molecule has 1 aromatic heterocycles. The van der Waals surface area contributed by atoms with Gasteiger partial charge in [0.25, 0.3) is 0 Å². The van der Waals surface area contributed by atoms with Gasteiger partial charge in [0.2, 0.25) is 0 Å². The number of nitrogens with one attached hydrogen (secondary N) is 1. The van der Waals surface area contributed by atoms with Crippen LogP contribution in [0.3, 0.4) is 0 Å². The maximum absolute atomic E-state index is 13.0. The van der Waals surface area contributed by atoms with Gasteiger partial charge in [-0.25, -0.2) is 14.4 Å². The second kappa shape index (κ2) is 8.32. The summed E-state index contributed by atoms with van der Waals surface area (Å²) in [5.41, 5.74) is 2.39. The van der Waals surface area contributed by atoms with E-state index in [1.807, 2.05) is 24.3 Å². The lowest BCUT2D eigenvalue weighted by Crippen LogP contribution is -1.98. The van der Waals surface area contributed by atoms with Gasteiger partial charge < -0.3 is 14.8 Å². The molecule has 0 saturated heterocycles. The van der Waals surface area contributed by atoms with Gasteiger partial charge in [-0.1, -0.05) is 23.7 Å².